The van der Waals surface area contributed by atoms with Crippen molar-refractivity contribution in [2.45, 2.75) is 19.3 Å². The molecule has 0 unspecified atom stereocenters. The van der Waals surface area contributed by atoms with E-state index in [0.29, 0.717) is 5.92 Å². The summed E-state index contributed by atoms with van der Waals surface area (Å²) in [6.07, 6.45) is 3.35. The van der Waals surface area contributed by atoms with Crippen LogP contribution in [-0.4, -0.2) is 17.8 Å². The Morgan fingerprint density at radius 2 is 2.29 bits per heavy atom. The molecule has 2 heterocycles. The Morgan fingerprint density at radius 1 is 1.57 bits per heavy atom. The van der Waals surface area contributed by atoms with Crippen LogP contribution in [0, 0.1) is 5.92 Å². The predicted molar refractivity (Wildman–Crippen MR) is 53.2 cm³/mol. The Morgan fingerprint density at radius 3 is 2.86 bits per heavy atom. The molecule has 4 nitrogen and oxygen atoms in total. The minimum Gasteiger partial charge on any atom is -0.337 e. The second-order valence-corrected chi connectivity index (χ2v) is 3.94. The van der Waals surface area contributed by atoms with Crippen LogP contribution in [0.4, 0.5) is 0 Å². The highest BCUT2D eigenvalue weighted by Crippen LogP contribution is 2.16. The molecule has 4 heteroatoms. The normalized spacial score (nSPS) is 18.6. The first-order chi connectivity index (χ1) is 6.75. The molecule has 0 amide bonds. The van der Waals surface area contributed by atoms with Crippen molar-refractivity contribution in [1.82, 2.24) is 10.1 Å². The third-order valence-corrected chi connectivity index (χ3v) is 2.87. The van der Waals surface area contributed by atoms with Gasteiger partial charge in [0.1, 0.15) is 0 Å². The first-order valence-electron chi connectivity index (χ1n) is 5.12. The smallest absolute Gasteiger partial charge is 0.337 e. The van der Waals surface area contributed by atoms with E-state index in [1.165, 1.54) is 12.8 Å². The molecule has 1 saturated heterocycles. The Balaban J connectivity index is 2.02. The predicted octanol–water partition coefficient (Wildman–Crippen LogP) is 0.520. The van der Waals surface area contributed by atoms with Gasteiger partial charge in [-0.15, -0.1) is 0 Å². The van der Waals surface area contributed by atoms with Crippen LogP contribution in [-0.2, 0) is 13.5 Å². The van der Waals surface area contributed by atoms with Gasteiger partial charge in [0.2, 0.25) is 0 Å². The van der Waals surface area contributed by atoms with Crippen molar-refractivity contribution >= 4 is 0 Å². The van der Waals surface area contributed by atoms with Gasteiger partial charge in [-0.2, -0.15) is 0 Å². The summed E-state index contributed by atoms with van der Waals surface area (Å²) in [7, 11) is 1.79. The monoisotopic (exact) mass is 196 g/mol. The molecule has 14 heavy (non-hydrogen) atoms. The fourth-order valence-corrected chi connectivity index (χ4v) is 2.02. The van der Waals surface area contributed by atoms with Gasteiger partial charge in [-0.05, 0) is 38.3 Å². The maximum Gasteiger partial charge on any atom is 0.357 e. The lowest BCUT2D eigenvalue weighted by atomic mass is 9.93. The van der Waals surface area contributed by atoms with Gasteiger partial charge in [-0.1, -0.05) is 0 Å². The second-order valence-electron chi connectivity index (χ2n) is 3.94. The number of nitrogens with one attached hydrogen (secondary N) is 1. The SMILES string of the molecule is Cn1oc(=O)cc1CC1CCNCC1. The molecule has 1 aliphatic heterocycles. The third kappa shape index (κ3) is 2.07. The Bertz CT molecular complexity index is 347. The summed E-state index contributed by atoms with van der Waals surface area (Å²) >= 11 is 0. The van der Waals surface area contributed by atoms with E-state index in [1.807, 2.05) is 0 Å². The first-order valence-corrected chi connectivity index (χ1v) is 5.12. The highest BCUT2D eigenvalue weighted by Gasteiger charge is 2.15. The summed E-state index contributed by atoms with van der Waals surface area (Å²) in [5.74, 6) is 0.694. The molecule has 78 valence electrons. The summed E-state index contributed by atoms with van der Waals surface area (Å²) in [6, 6.07) is 1.60. The molecular formula is C10H16N2O2. The van der Waals surface area contributed by atoms with E-state index >= 15 is 0 Å². The van der Waals surface area contributed by atoms with Crippen molar-refractivity contribution in [3.63, 3.8) is 0 Å². The Labute approximate surface area is 82.9 Å². The lowest BCUT2D eigenvalue weighted by Crippen LogP contribution is -2.29. The molecule has 0 radical (unpaired) electrons. The zero-order chi connectivity index (χ0) is 9.97. The van der Waals surface area contributed by atoms with Gasteiger partial charge >= 0.3 is 5.63 Å². The fraction of sp³-hybridized carbons (Fsp3) is 0.700. The van der Waals surface area contributed by atoms with E-state index in [2.05, 4.69) is 5.32 Å². The summed E-state index contributed by atoms with van der Waals surface area (Å²) in [6.45, 7) is 2.19. The van der Waals surface area contributed by atoms with Gasteiger partial charge in [0, 0.05) is 13.1 Å². The van der Waals surface area contributed by atoms with Gasteiger partial charge in [-0.3, -0.25) is 0 Å². The number of hydrogen-bond donors (Lipinski definition) is 1. The van der Waals surface area contributed by atoms with Crippen LogP contribution in [0.25, 0.3) is 0 Å². The van der Waals surface area contributed by atoms with Gasteiger partial charge in [0.05, 0.1) is 5.69 Å². The van der Waals surface area contributed by atoms with Crippen LogP contribution in [0.1, 0.15) is 18.5 Å². The van der Waals surface area contributed by atoms with E-state index in [0.717, 1.165) is 25.2 Å². The molecule has 0 saturated carbocycles. The molecule has 0 aromatic carbocycles. The number of rotatable bonds is 2. The minimum absolute atomic E-state index is 0.239. The van der Waals surface area contributed by atoms with E-state index in [9.17, 15) is 4.79 Å². The average Bonchev–Trinajstić information content (AvgIpc) is 2.47. The van der Waals surface area contributed by atoms with Gasteiger partial charge in [0.25, 0.3) is 0 Å². The number of piperidine rings is 1. The molecule has 0 atom stereocenters. The molecule has 0 bridgehead atoms. The van der Waals surface area contributed by atoms with Crippen molar-refractivity contribution in [3.8, 4) is 0 Å². The fourth-order valence-electron chi connectivity index (χ4n) is 2.02. The molecule has 0 aliphatic carbocycles. The molecular weight excluding hydrogens is 180 g/mol. The largest absolute Gasteiger partial charge is 0.357 e. The first kappa shape index (κ1) is 9.52. The van der Waals surface area contributed by atoms with Crippen LogP contribution >= 0.6 is 0 Å². The van der Waals surface area contributed by atoms with Crippen molar-refractivity contribution in [3.05, 3.63) is 22.2 Å². The maximum absolute atomic E-state index is 11.0. The molecule has 1 N–H and O–H groups in total. The van der Waals surface area contributed by atoms with Crippen molar-refractivity contribution in [1.29, 1.82) is 0 Å². The van der Waals surface area contributed by atoms with Gasteiger partial charge in [-0.25, -0.2) is 9.53 Å². The van der Waals surface area contributed by atoms with E-state index < -0.39 is 0 Å². The van der Waals surface area contributed by atoms with Gasteiger partial charge in [0.15, 0.2) is 0 Å². The van der Waals surface area contributed by atoms with Crippen LogP contribution in [0.5, 0.6) is 0 Å². The number of aryl methyl sites for hydroxylation is 1. The third-order valence-electron chi connectivity index (χ3n) is 2.87. The topological polar surface area (TPSA) is 47.2 Å². The quantitative estimate of drug-likeness (QED) is 0.750. The average molecular weight is 196 g/mol. The minimum atomic E-state index is -0.239. The van der Waals surface area contributed by atoms with Crippen molar-refractivity contribution < 1.29 is 4.52 Å². The van der Waals surface area contributed by atoms with Crippen molar-refractivity contribution in [2.24, 2.45) is 13.0 Å². The Kier molecular flexibility index (Phi) is 2.72. The van der Waals surface area contributed by atoms with E-state index in [1.54, 1.807) is 17.9 Å². The number of aromatic nitrogens is 1. The van der Waals surface area contributed by atoms with Crippen LogP contribution in [0.15, 0.2) is 15.4 Å². The lowest BCUT2D eigenvalue weighted by Gasteiger charge is -2.21. The van der Waals surface area contributed by atoms with Crippen LogP contribution in [0.3, 0.4) is 0 Å². The van der Waals surface area contributed by atoms with Gasteiger partial charge < -0.3 is 9.84 Å². The summed E-state index contributed by atoms with van der Waals surface area (Å²) in [5, 5.41) is 3.33. The zero-order valence-corrected chi connectivity index (χ0v) is 8.45. The number of nitrogens with zero attached hydrogens (tertiary/aromatic N) is 1. The highest BCUT2D eigenvalue weighted by atomic mass is 16.5. The summed E-state index contributed by atoms with van der Waals surface area (Å²) in [5.41, 5.74) is 0.776. The highest BCUT2D eigenvalue weighted by molar-refractivity contribution is 4.99. The zero-order valence-electron chi connectivity index (χ0n) is 8.45. The molecule has 1 aliphatic rings. The molecule has 1 aromatic heterocycles. The van der Waals surface area contributed by atoms with Crippen LogP contribution in [0.2, 0.25) is 0 Å². The summed E-state index contributed by atoms with van der Waals surface area (Å²) in [4.78, 5) is 11.0. The summed E-state index contributed by atoms with van der Waals surface area (Å²) < 4.78 is 6.49. The van der Waals surface area contributed by atoms with E-state index in [4.69, 9.17) is 4.52 Å². The second kappa shape index (κ2) is 4.00. The van der Waals surface area contributed by atoms with Crippen molar-refractivity contribution in [2.75, 3.05) is 13.1 Å². The standard InChI is InChI=1S/C10H16N2O2/c1-12-9(7-10(13)14-12)6-8-2-4-11-5-3-8/h7-8,11H,2-6H2,1H3. The maximum atomic E-state index is 11.0. The number of hydrogen-bond acceptors (Lipinski definition) is 3. The lowest BCUT2D eigenvalue weighted by molar-refractivity contribution is 0.268. The Hall–Kier alpha value is -1.03. The molecule has 1 fully saturated rings. The van der Waals surface area contributed by atoms with E-state index in [-0.39, 0.29) is 5.63 Å². The van der Waals surface area contributed by atoms with Crippen LogP contribution < -0.4 is 10.9 Å². The molecule has 2 rings (SSSR count). The molecule has 1 aromatic rings. The molecule has 0 spiro atoms.